The van der Waals surface area contributed by atoms with E-state index in [-0.39, 0.29) is 15.9 Å². The monoisotopic (exact) mass is 482 g/mol. The molecule has 2 aromatic carbocycles. The minimum Gasteiger partial charge on any atom is -0.543 e. The van der Waals surface area contributed by atoms with Gasteiger partial charge in [-0.15, -0.1) is 0 Å². The van der Waals surface area contributed by atoms with Crippen molar-refractivity contribution in [2.75, 3.05) is 6.61 Å². The Morgan fingerprint density at radius 1 is 0.912 bits per heavy atom. The molecule has 0 spiro atoms. The Morgan fingerprint density at radius 2 is 1.59 bits per heavy atom. The van der Waals surface area contributed by atoms with Crippen molar-refractivity contribution in [1.29, 1.82) is 0 Å². The fourth-order valence-corrected chi connectivity index (χ4v) is 6.78. The molecule has 0 radical (unpaired) electrons. The van der Waals surface area contributed by atoms with Crippen molar-refractivity contribution < 1.29 is 18.9 Å². The molecule has 0 saturated carbocycles. The van der Waals surface area contributed by atoms with Crippen molar-refractivity contribution in [1.82, 2.24) is 0 Å². The minimum atomic E-state index is -1.99. The molecule has 2 unspecified atom stereocenters. The fraction of sp³-hybridized carbons (Fsp3) is 0.586. The average molecular weight is 483 g/mol. The predicted octanol–water partition coefficient (Wildman–Crippen LogP) is 7.64. The highest BCUT2D eigenvalue weighted by Crippen LogP contribution is 2.68. The molecule has 186 valence electrons. The molecular weight excluding hydrogens is 440 g/mol. The molecule has 2 heterocycles. The van der Waals surface area contributed by atoms with E-state index in [9.17, 15) is 0 Å². The molecule has 2 fully saturated rings. The van der Waals surface area contributed by atoms with E-state index in [4.69, 9.17) is 18.9 Å². The van der Waals surface area contributed by atoms with Crippen molar-refractivity contribution in [2.45, 2.75) is 90.8 Å². The molecule has 2 aliphatic rings. The zero-order valence-electron chi connectivity index (χ0n) is 22.5. The van der Waals surface area contributed by atoms with Crippen molar-refractivity contribution >= 4 is 8.32 Å². The van der Waals surface area contributed by atoms with Crippen molar-refractivity contribution in [3.63, 3.8) is 0 Å². The SMILES string of the molecule is CC1(C)CCOC2(c3cccc(O[Si](C)(C)C(C)(C)C)c3)OOC12C(C)(C)Cc1ccccc1. The van der Waals surface area contributed by atoms with Gasteiger partial charge in [-0.05, 0) is 48.7 Å². The van der Waals surface area contributed by atoms with Crippen LogP contribution in [0.5, 0.6) is 5.75 Å². The summed E-state index contributed by atoms with van der Waals surface area (Å²) in [5.41, 5.74) is 1.13. The van der Waals surface area contributed by atoms with Gasteiger partial charge < -0.3 is 9.16 Å². The van der Waals surface area contributed by atoms with Crippen LogP contribution in [0.15, 0.2) is 54.6 Å². The summed E-state index contributed by atoms with van der Waals surface area (Å²) < 4.78 is 13.2. The largest absolute Gasteiger partial charge is 0.543 e. The van der Waals surface area contributed by atoms with E-state index in [0.29, 0.717) is 6.61 Å². The quantitative estimate of drug-likeness (QED) is 0.313. The molecule has 2 aliphatic heterocycles. The van der Waals surface area contributed by atoms with Gasteiger partial charge in [-0.3, -0.25) is 0 Å². The third kappa shape index (κ3) is 3.76. The standard InChI is InChI=1S/C29H42O4Si/c1-25(2,3)34(8,9)31-24-17-13-16-23(20-24)28-29(33-32-28,26(4,5)18-19-30-28)27(6,7)21-22-14-11-10-12-15-22/h10-17,20H,18-19,21H2,1-9H3. The van der Waals surface area contributed by atoms with Gasteiger partial charge >= 0.3 is 0 Å². The summed E-state index contributed by atoms with van der Waals surface area (Å²) in [5, 5.41) is 0.113. The molecule has 0 amide bonds. The molecule has 5 heteroatoms. The summed E-state index contributed by atoms with van der Waals surface area (Å²) in [7, 11) is -1.99. The number of ether oxygens (including phenoxy) is 1. The van der Waals surface area contributed by atoms with E-state index in [1.54, 1.807) is 0 Å². The summed E-state index contributed by atoms with van der Waals surface area (Å²) in [6.07, 6.45) is 1.75. The van der Waals surface area contributed by atoms with Gasteiger partial charge in [0.1, 0.15) is 5.75 Å². The zero-order chi connectivity index (χ0) is 25.0. The summed E-state index contributed by atoms with van der Waals surface area (Å²) in [6, 6.07) is 18.9. The Bertz CT molecular complexity index is 1020. The molecule has 0 aliphatic carbocycles. The molecule has 2 atom stereocenters. The lowest BCUT2D eigenvalue weighted by atomic mass is 9.52. The van der Waals surface area contributed by atoms with Gasteiger partial charge in [-0.2, -0.15) is 4.89 Å². The topological polar surface area (TPSA) is 36.9 Å². The van der Waals surface area contributed by atoms with Crippen LogP contribution in [0, 0.1) is 10.8 Å². The van der Waals surface area contributed by atoms with E-state index < -0.39 is 19.7 Å². The molecule has 4 rings (SSSR count). The maximum absolute atomic E-state index is 6.66. The van der Waals surface area contributed by atoms with Crippen molar-refractivity contribution in [3.05, 3.63) is 65.7 Å². The summed E-state index contributed by atoms with van der Waals surface area (Å²) in [4.78, 5) is 12.3. The fourth-order valence-electron chi connectivity index (χ4n) is 5.76. The second-order valence-electron chi connectivity index (χ2n) is 12.9. The second kappa shape index (κ2) is 8.19. The van der Waals surface area contributed by atoms with Crippen LogP contribution in [0.1, 0.15) is 66.0 Å². The number of fused-ring (bicyclic) bond motifs is 1. The first-order valence-electron chi connectivity index (χ1n) is 12.5. The summed E-state index contributed by atoms with van der Waals surface area (Å²) in [6.45, 7) is 21.1. The van der Waals surface area contributed by atoms with Crippen LogP contribution in [-0.2, 0) is 26.7 Å². The van der Waals surface area contributed by atoms with Crippen LogP contribution in [0.3, 0.4) is 0 Å². The highest BCUT2D eigenvalue weighted by Gasteiger charge is 2.79. The minimum absolute atomic E-state index is 0.113. The van der Waals surface area contributed by atoms with Crippen LogP contribution in [0.2, 0.25) is 18.1 Å². The van der Waals surface area contributed by atoms with E-state index >= 15 is 0 Å². The van der Waals surface area contributed by atoms with Crippen LogP contribution in [0.4, 0.5) is 0 Å². The predicted molar refractivity (Wildman–Crippen MR) is 139 cm³/mol. The van der Waals surface area contributed by atoms with Gasteiger partial charge in [0.25, 0.3) is 5.79 Å². The van der Waals surface area contributed by atoms with Crippen molar-refractivity contribution in [2.24, 2.45) is 10.8 Å². The normalized spacial score (nSPS) is 27.0. The molecule has 0 aromatic heterocycles. The highest BCUT2D eigenvalue weighted by molar-refractivity contribution is 6.74. The Balaban J connectivity index is 1.78. The van der Waals surface area contributed by atoms with E-state index in [0.717, 1.165) is 24.2 Å². The molecule has 2 saturated heterocycles. The van der Waals surface area contributed by atoms with Crippen LogP contribution in [0.25, 0.3) is 0 Å². The van der Waals surface area contributed by atoms with E-state index in [2.05, 4.69) is 104 Å². The first-order chi connectivity index (χ1) is 15.7. The lowest BCUT2D eigenvalue weighted by Crippen LogP contribution is -2.80. The number of rotatable bonds is 6. The smallest absolute Gasteiger partial charge is 0.261 e. The van der Waals surface area contributed by atoms with Gasteiger partial charge in [-0.1, -0.05) is 90.9 Å². The molecule has 0 bridgehead atoms. The van der Waals surface area contributed by atoms with Gasteiger partial charge in [0.2, 0.25) is 8.32 Å². The molecule has 2 aromatic rings. The summed E-state index contributed by atoms with van der Waals surface area (Å²) in [5.74, 6) is -0.115. The van der Waals surface area contributed by atoms with Crippen LogP contribution >= 0.6 is 0 Å². The van der Waals surface area contributed by atoms with E-state index in [1.807, 2.05) is 12.1 Å². The highest BCUT2D eigenvalue weighted by atomic mass is 28.4. The van der Waals surface area contributed by atoms with Gasteiger partial charge in [0, 0.05) is 16.4 Å². The lowest BCUT2D eigenvalue weighted by Gasteiger charge is -2.69. The third-order valence-corrected chi connectivity index (χ3v) is 12.9. The van der Waals surface area contributed by atoms with Gasteiger partial charge in [0.15, 0.2) is 5.60 Å². The Morgan fingerprint density at radius 3 is 2.18 bits per heavy atom. The van der Waals surface area contributed by atoms with Crippen molar-refractivity contribution in [3.8, 4) is 5.75 Å². The molecular formula is C29H42O4Si. The van der Waals surface area contributed by atoms with Crippen LogP contribution < -0.4 is 4.43 Å². The lowest BCUT2D eigenvalue weighted by molar-refractivity contribution is -0.665. The Labute approximate surface area is 207 Å². The first kappa shape index (κ1) is 25.4. The number of hydrogen-bond donors (Lipinski definition) is 0. The first-order valence-corrected chi connectivity index (χ1v) is 15.4. The third-order valence-electron chi connectivity index (χ3n) is 8.57. The maximum Gasteiger partial charge on any atom is 0.261 e. The second-order valence-corrected chi connectivity index (χ2v) is 17.6. The summed E-state index contributed by atoms with van der Waals surface area (Å²) >= 11 is 0. The number of hydrogen-bond acceptors (Lipinski definition) is 4. The molecule has 4 nitrogen and oxygen atoms in total. The number of benzene rings is 2. The average Bonchev–Trinajstić information content (AvgIpc) is 2.68. The molecule has 34 heavy (non-hydrogen) atoms. The zero-order valence-corrected chi connectivity index (χ0v) is 23.5. The van der Waals surface area contributed by atoms with Gasteiger partial charge in [0.05, 0.1) is 6.61 Å². The van der Waals surface area contributed by atoms with Gasteiger partial charge in [-0.25, -0.2) is 4.89 Å². The van der Waals surface area contributed by atoms with E-state index in [1.165, 1.54) is 5.56 Å². The Hall–Kier alpha value is -1.66. The molecule has 0 N–H and O–H groups in total. The Kier molecular flexibility index (Phi) is 6.13. The maximum atomic E-state index is 6.66. The van der Waals surface area contributed by atoms with Crippen LogP contribution in [-0.4, -0.2) is 20.5 Å².